The van der Waals surface area contributed by atoms with Gasteiger partial charge < -0.3 is 19.9 Å². The van der Waals surface area contributed by atoms with E-state index in [0.717, 1.165) is 116 Å². The summed E-state index contributed by atoms with van der Waals surface area (Å²) in [7, 11) is 0. The van der Waals surface area contributed by atoms with Gasteiger partial charge in [-0.25, -0.2) is 0 Å². The molecule has 1 atom stereocenters. The van der Waals surface area contributed by atoms with Crippen molar-refractivity contribution < 1.29 is 28.6 Å². The monoisotopic (exact) mass is 698 g/mol. The van der Waals surface area contributed by atoms with Crippen molar-refractivity contribution in [1.29, 1.82) is 0 Å². The molecule has 7 nitrogen and oxygen atoms in total. The summed E-state index contributed by atoms with van der Waals surface area (Å²) >= 11 is 0. The Morgan fingerprint density at radius 3 is 1.26 bits per heavy atom. The summed E-state index contributed by atoms with van der Waals surface area (Å²) in [5.74, 6) is -1.10. The summed E-state index contributed by atoms with van der Waals surface area (Å²) in [5, 5.41) is 0. The first-order valence-corrected chi connectivity index (χ1v) is 19.6. The highest BCUT2D eigenvalue weighted by molar-refractivity contribution is 5.71. The zero-order valence-electron chi connectivity index (χ0n) is 31.7. The van der Waals surface area contributed by atoms with Gasteiger partial charge in [-0.15, -0.1) is 0 Å². The molecule has 0 aliphatic carbocycles. The van der Waals surface area contributed by atoms with E-state index < -0.39 is 12.1 Å². The molecule has 0 amide bonds. The maximum Gasteiger partial charge on any atom is 0.306 e. The van der Waals surface area contributed by atoms with Gasteiger partial charge in [0.25, 0.3) is 0 Å². The highest BCUT2D eigenvalue weighted by atomic mass is 16.6. The van der Waals surface area contributed by atoms with E-state index in [9.17, 15) is 14.4 Å². The lowest BCUT2D eigenvalue weighted by atomic mass is 10.1. The van der Waals surface area contributed by atoms with Crippen molar-refractivity contribution in [3.8, 4) is 0 Å². The molecule has 1 unspecified atom stereocenters. The number of carbonyl (C=O) groups is 3. The highest BCUT2D eigenvalue weighted by Crippen LogP contribution is 2.11. The van der Waals surface area contributed by atoms with Gasteiger partial charge in [0, 0.05) is 19.3 Å². The average molecular weight is 698 g/mol. The minimum Gasteiger partial charge on any atom is -0.462 e. The van der Waals surface area contributed by atoms with Gasteiger partial charge in [0.2, 0.25) is 0 Å². The molecule has 7 heteroatoms. The minimum atomic E-state index is -0.816. The van der Waals surface area contributed by atoms with Gasteiger partial charge in [-0.2, -0.15) is 0 Å². The molecule has 0 fully saturated rings. The van der Waals surface area contributed by atoms with Gasteiger partial charge in [-0.1, -0.05) is 125 Å². The molecule has 284 valence electrons. The smallest absolute Gasteiger partial charge is 0.306 e. The highest BCUT2D eigenvalue weighted by Gasteiger charge is 2.19. The zero-order valence-corrected chi connectivity index (χ0v) is 31.7. The number of esters is 3. The second kappa shape index (κ2) is 38.6. The Balaban J connectivity index is 4.18. The van der Waals surface area contributed by atoms with Crippen LogP contribution in [0.2, 0.25) is 0 Å². The van der Waals surface area contributed by atoms with Gasteiger partial charge in [0.1, 0.15) is 13.2 Å². The van der Waals surface area contributed by atoms with E-state index in [-0.39, 0.29) is 38.0 Å². The van der Waals surface area contributed by atoms with E-state index in [1.165, 1.54) is 0 Å². The van der Waals surface area contributed by atoms with Crippen LogP contribution in [-0.4, -0.2) is 43.8 Å². The molecule has 0 aromatic rings. The standard InChI is InChI=1S/C43H71NO6/c1-3-5-7-9-11-13-15-17-19-21-23-25-27-29-31-34-41(45)48-38-40(39-49-42(46)36-33-37-44)50-43(47)35-32-30-28-26-24-22-20-18-16-14-12-10-8-6-4-2/h5-8,11-14,17-20,40H,3-4,9-10,15-16,21-39,44H2,1-2H3/b7-5-,8-6-,13-11-,14-12-,19-17-,20-18-. The molecule has 0 heterocycles. The summed E-state index contributed by atoms with van der Waals surface area (Å²) < 4.78 is 16.2. The zero-order chi connectivity index (χ0) is 36.6. The maximum absolute atomic E-state index is 12.5. The predicted octanol–water partition coefficient (Wildman–Crippen LogP) is 10.9. The van der Waals surface area contributed by atoms with Crippen LogP contribution in [0, 0.1) is 0 Å². The Kier molecular flexibility index (Phi) is 36.1. The summed E-state index contributed by atoms with van der Waals surface area (Å²) in [5.41, 5.74) is 5.48. The molecule has 0 aliphatic heterocycles. The van der Waals surface area contributed by atoms with E-state index in [2.05, 4.69) is 86.8 Å². The van der Waals surface area contributed by atoms with Crippen molar-refractivity contribution in [3.05, 3.63) is 72.9 Å². The van der Waals surface area contributed by atoms with Crippen molar-refractivity contribution in [1.82, 2.24) is 0 Å². The number of ether oxygens (including phenoxy) is 3. The largest absolute Gasteiger partial charge is 0.462 e. The van der Waals surface area contributed by atoms with Crippen LogP contribution in [0.3, 0.4) is 0 Å². The number of nitrogens with two attached hydrogens (primary N) is 1. The molecule has 0 saturated carbocycles. The number of hydrogen-bond donors (Lipinski definition) is 1. The van der Waals surface area contributed by atoms with Gasteiger partial charge >= 0.3 is 17.9 Å². The molecular formula is C43H71NO6. The van der Waals surface area contributed by atoms with E-state index in [4.69, 9.17) is 19.9 Å². The van der Waals surface area contributed by atoms with Crippen LogP contribution in [0.25, 0.3) is 0 Å². The van der Waals surface area contributed by atoms with E-state index >= 15 is 0 Å². The fourth-order valence-electron chi connectivity index (χ4n) is 4.90. The SMILES string of the molecule is CC/C=C\C/C=C\C/C=C\CCCCCCCC(=O)OCC(COC(=O)CCCN)OC(=O)CCCCCCC/C=C\C/C=C\C/C=C\CC. The Bertz CT molecular complexity index is 993. The van der Waals surface area contributed by atoms with E-state index in [1.54, 1.807) is 0 Å². The summed E-state index contributed by atoms with van der Waals surface area (Å²) in [4.78, 5) is 36.9. The second-order valence-electron chi connectivity index (χ2n) is 12.6. The summed E-state index contributed by atoms with van der Waals surface area (Å²) in [6.45, 7) is 4.42. The molecule has 0 saturated heterocycles. The Hall–Kier alpha value is -3.19. The van der Waals surface area contributed by atoms with Crippen LogP contribution in [0.4, 0.5) is 0 Å². The van der Waals surface area contributed by atoms with E-state index in [0.29, 0.717) is 19.4 Å². The molecule has 0 radical (unpaired) electrons. The Labute approximate surface area is 305 Å². The molecule has 2 N–H and O–H groups in total. The van der Waals surface area contributed by atoms with Gasteiger partial charge in [0.15, 0.2) is 6.10 Å². The molecule has 0 aliphatic rings. The fraction of sp³-hybridized carbons (Fsp3) is 0.651. The third-order valence-electron chi connectivity index (χ3n) is 7.81. The van der Waals surface area contributed by atoms with Crippen molar-refractivity contribution in [2.75, 3.05) is 19.8 Å². The average Bonchev–Trinajstić information content (AvgIpc) is 3.11. The first kappa shape index (κ1) is 46.8. The Morgan fingerprint density at radius 1 is 0.460 bits per heavy atom. The van der Waals surface area contributed by atoms with Gasteiger partial charge in [-0.3, -0.25) is 14.4 Å². The lowest BCUT2D eigenvalue weighted by Crippen LogP contribution is -2.31. The summed E-state index contributed by atoms with van der Waals surface area (Å²) in [6, 6.07) is 0. The number of rotatable bonds is 34. The lowest BCUT2D eigenvalue weighted by molar-refractivity contribution is -0.167. The van der Waals surface area contributed by atoms with Crippen LogP contribution < -0.4 is 5.73 Å². The predicted molar refractivity (Wildman–Crippen MR) is 209 cm³/mol. The lowest BCUT2D eigenvalue weighted by Gasteiger charge is -2.18. The van der Waals surface area contributed by atoms with Crippen LogP contribution in [0.1, 0.15) is 155 Å². The number of unbranched alkanes of at least 4 members (excludes halogenated alkanes) is 10. The maximum atomic E-state index is 12.5. The molecule has 50 heavy (non-hydrogen) atoms. The van der Waals surface area contributed by atoms with Gasteiger partial charge in [-0.05, 0) is 90.0 Å². The normalized spacial score (nSPS) is 12.8. The van der Waals surface area contributed by atoms with Crippen molar-refractivity contribution in [2.24, 2.45) is 5.73 Å². The van der Waals surface area contributed by atoms with Crippen molar-refractivity contribution >= 4 is 17.9 Å². The summed E-state index contributed by atoms with van der Waals surface area (Å²) in [6.07, 6.45) is 45.4. The Morgan fingerprint density at radius 2 is 0.820 bits per heavy atom. The first-order valence-electron chi connectivity index (χ1n) is 19.6. The van der Waals surface area contributed by atoms with Crippen molar-refractivity contribution in [2.45, 2.75) is 161 Å². The molecular weight excluding hydrogens is 626 g/mol. The minimum absolute atomic E-state index is 0.120. The number of carbonyl (C=O) groups excluding carboxylic acids is 3. The van der Waals surface area contributed by atoms with Crippen LogP contribution in [-0.2, 0) is 28.6 Å². The molecule has 0 bridgehead atoms. The third kappa shape index (κ3) is 36.1. The van der Waals surface area contributed by atoms with Gasteiger partial charge in [0.05, 0.1) is 0 Å². The number of hydrogen-bond acceptors (Lipinski definition) is 7. The fourth-order valence-corrected chi connectivity index (χ4v) is 4.90. The second-order valence-corrected chi connectivity index (χ2v) is 12.6. The molecule has 0 aromatic heterocycles. The quantitative estimate of drug-likeness (QED) is 0.0309. The molecule has 0 aromatic carbocycles. The first-order chi connectivity index (χ1) is 24.5. The third-order valence-corrected chi connectivity index (χ3v) is 7.81. The van der Waals surface area contributed by atoms with Crippen molar-refractivity contribution in [3.63, 3.8) is 0 Å². The number of allylic oxidation sites excluding steroid dienone is 12. The van der Waals surface area contributed by atoms with Crippen LogP contribution >= 0.6 is 0 Å². The molecule has 0 spiro atoms. The topological polar surface area (TPSA) is 105 Å². The molecule has 0 rings (SSSR count). The van der Waals surface area contributed by atoms with E-state index in [1.807, 2.05) is 0 Å². The van der Waals surface area contributed by atoms with Crippen LogP contribution in [0.15, 0.2) is 72.9 Å². The van der Waals surface area contributed by atoms with Crippen LogP contribution in [0.5, 0.6) is 0 Å².